The van der Waals surface area contributed by atoms with E-state index in [1.165, 1.54) is 10.6 Å². The quantitative estimate of drug-likeness (QED) is 0.386. The molecule has 5 rings (SSSR count). The summed E-state index contributed by atoms with van der Waals surface area (Å²) in [6.07, 6.45) is 1.19. The fourth-order valence-electron chi connectivity index (χ4n) is 4.28. The molecule has 0 atom stereocenters. The zero-order valence-corrected chi connectivity index (χ0v) is 20.2. The minimum absolute atomic E-state index is 0.0574. The monoisotopic (exact) mass is 516 g/mol. The van der Waals surface area contributed by atoms with Gasteiger partial charge in [0.1, 0.15) is 12.1 Å². The Balaban J connectivity index is 1.42. The van der Waals surface area contributed by atoms with E-state index in [0.717, 1.165) is 22.0 Å². The van der Waals surface area contributed by atoms with Crippen molar-refractivity contribution in [2.45, 2.75) is 6.61 Å². The maximum Gasteiger partial charge on any atom is 0.241 e. The molecule has 3 aromatic carbocycles. The average molecular weight is 517 g/mol. The van der Waals surface area contributed by atoms with Crippen molar-refractivity contribution in [2.75, 3.05) is 37.3 Å². The SMILES string of the molecule is CS(=O)(=O)N1CCN(c2ccc(-n3nc(F)c4cc(F)c(OCc5ccccc5)c(F)c43)cc2)CC1. The van der Waals surface area contributed by atoms with Gasteiger partial charge in [0.05, 0.1) is 17.3 Å². The number of hydrogen-bond donors (Lipinski definition) is 0. The number of hydrogen-bond acceptors (Lipinski definition) is 5. The molecule has 11 heteroatoms. The fraction of sp³-hybridized carbons (Fsp3) is 0.240. The lowest BCUT2D eigenvalue weighted by Gasteiger charge is -2.34. The molecule has 1 aliphatic rings. The van der Waals surface area contributed by atoms with Gasteiger partial charge in [-0.2, -0.15) is 8.70 Å². The minimum Gasteiger partial charge on any atom is -0.483 e. The molecule has 1 fully saturated rings. The Bertz CT molecular complexity index is 1500. The van der Waals surface area contributed by atoms with Gasteiger partial charge in [-0.05, 0) is 35.9 Å². The molecule has 0 bridgehead atoms. The molecule has 36 heavy (non-hydrogen) atoms. The molecule has 2 heterocycles. The topological polar surface area (TPSA) is 67.7 Å². The van der Waals surface area contributed by atoms with Gasteiger partial charge in [0.15, 0.2) is 17.4 Å². The van der Waals surface area contributed by atoms with Crippen LogP contribution in [0.1, 0.15) is 5.56 Å². The van der Waals surface area contributed by atoms with E-state index in [-0.39, 0.29) is 17.5 Å². The standard InChI is InChI=1S/C25H23F3N4O3S/c1-36(33,34)31-13-11-30(12-14-31)18-7-9-19(10-8-18)32-23-20(25(28)29-32)15-21(26)24(22(23)27)35-16-17-5-3-2-4-6-17/h2-10,15H,11-14,16H2,1H3. The summed E-state index contributed by atoms with van der Waals surface area (Å²) in [7, 11) is -3.24. The number of benzene rings is 3. The molecule has 7 nitrogen and oxygen atoms in total. The first-order valence-corrected chi connectivity index (χ1v) is 13.1. The number of ether oxygens (including phenoxy) is 1. The molecule has 4 aromatic rings. The highest BCUT2D eigenvalue weighted by molar-refractivity contribution is 7.88. The fourth-order valence-corrected chi connectivity index (χ4v) is 5.11. The second-order valence-corrected chi connectivity index (χ2v) is 10.5. The molecule has 0 saturated carbocycles. The third kappa shape index (κ3) is 4.63. The number of anilines is 1. The van der Waals surface area contributed by atoms with Crippen LogP contribution in [0.2, 0.25) is 0 Å². The highest BCUT2D eigenvalue weighted by Crippen LogP contribution is 2.33. The van der Waals surface area contributed by atoms with Crippen molar-refractivity contribution >= 4 is 26.6 Å². The Kier molecular flexibility index (Phi) is 6.35. The zero-order valence-electron chi connectivity index (χ0n) is 19.4. The van der Waals surface area contributed by atoms with Crippen LogP contribution in [0.4, 0.5) is 18.9 Å². The lowest BCUT2D eigenvalue weighted by atomic mass is 10.2. The Morgan fingerprint density at radius 2 is 1.56 bits per heavy atom. The number of nitrogens with zero attached hydrogens (tertiary/aromatic N) is 4. The summed E-state index contributed by atoms with van der Waals surface area (Å²) in [6, 6.07) is 16.6. The van der Waals surface area contributed by atoms with Crippen molar-refractivity contribution in [3.8, 4) is 11.4 Å². The lowest BCUT2D eigenvalue weighted by Crippen LogP contribution is -2.48. The minimum atomic E-state index is -3.24. The van der Waals surface area contributed by atoms with E-state index in [1.807, 2.05) is 11.0 Å². The highest BCUT2D eigenvalue weighted by atomic mass is 32.2. The van der Waals surface area contributed by atoms with E-state index in [9.17, 15) is 17.2 Å². The highest BCUT2D eigenvalue weighted by Gasteiger charge is 2.25. The van der Waals surface area contributed by atoms with E-state index in [1.54, 1.807) is 48.5 Å². The third-order valence-electron chi connectivity index (χ3n) is 6.17. The molecule has 0 unspecified atom stereocenters. The van der Waals surface area contributed by atoms with Crippen LogP contribution < -0.4 is 9.64 Å². The second kappa shape index (κ2) is 9.47. The number of rotatable bonds is 6. The van der Waals surface area contributed by atoms with Crippen molar-refractivity contribution in [2.24, 2.45) is 0 Å². The summed E-state index contributed by atoms with van der Waals surface area (Å²) in [5.74, 6) is -3.66. The molecule has 1 aromatic heterocycles. The van der Waals surface area contributed by atoms with Crippen LogP contribution in [0, 0.1) is 17.6 Å². The molecule has 0 amide bonds. The maximum absolute atomic E-state index is 15.4. The van der Waals surface area contributed by atoms with Gasteiger partial charge in [0.2, 0.25) is 16.0 Å². The Morgan fingerprint density at radius 1 is 0.917 bits per heavy atom. The van der Waals surface area contributed by atoms with Crippen LogP contribution in [-0.4, -0.2) is 54.9 Å². The molecule has 188 valence electrons. The largest absolute Gasteiger partial charge is 0.483 e. The van der Waals surface area contributed by atoms with Crippen molar-refractivity contribution in [1.82, 2.24) is 14.1 Å². The second-order valence-electron chi connectivity index (χ2n) is 8.54. The molecule has 0 spiro atoms. The number of aromatic nitrogens is 2. The van der Waals surface area contributed by atoms with Crippen LogP contribution in [-0.2, 0) is 16.6 Å². The molecular formula is C25H23F3N4O3S. The van der Waals surface area contributed by atoms with Gasteiger partial charge in [0.25, 0.3) is 0 Å². The van der Waals surface area contributed by atoms with Gasteiger partial charge in [0, 0.05) is 31.9 Å². The molecule has 1 saturated heterocycles. The summed E-state index contributed by atoms with van der Waals surface area (Å²) in [5, 5.41) is 3.51. The van der Waals surface area contributed by atoms with E-state index < -0.39 is 33.4 Å². The van der Waals surface area contributed by atoms with Crippen molar-refractivity contribution in [1.29, 1.82) is 0 Å². The van der Waals surface area contributed by atoms with Gasteiger partial charge in [-0.1, -0.05) is 30.3 Å². The van der Waals surface area contributed by atoms with Gasteiger partial charge in [-0.25, -0.2) is 21.9 Å². The first-order valence-electron chi connectivity index (χ1n) is 11.3. The summed E-state index contributed by atoms with van der Waals surface area (Å²) in [6.45, 7) is 1.72. The van der Waals surface area contributed by atoms with Crippen LogP contribution >= 0.6 is 0 Å². The lowest BCUT2D eigenvalue weighted by molar-refractivity contribution is 0.275. The Labute approximate surface area is 206 Å². The average Bonchev–Trinajstić information content (AvgIpc) is 3.20. The molecule has 0 aliphatic carbocycles. The van der Waals surface area contributed by atoms with E-state index in [0.29, 0.717) is 31.9 Å². The first-order chi connectivity index (χ1) is 17.2. The zero-order chi connectivity index (χ0) is 25.4. The van der Waals surface area contributed by atoms with Gasteiger partial charge in [-0.3, -0.25) is 0 Å². The molecular weight excluding hydrogens is 493 g/mol. The van der Waals surface area contributed by atoms with Crippen molar-refractivity contribution in [3.05, 3.63) is 83.8 Å². The summed E-state index contributed by atoms with van der Waals surface area (Å²) < 4.78 is 76.0. The van der Waals surface area contributed by atoms with Crippen LogP contribution in [0.25, 0.3) is 16.6 Å². The normalized spacial score (nSPS) is 14.9. The van der Waals surface area contributed by atoms with Gasteiger partial charge >= 0.3 is 0 Å². The molecule has 0 radical (unpaired) electrons. The van der Waals surface area contributed by atoms with E-state index >= 15 is 4.39 Å². The number of piperazine rings is 1. The molecule has 0 N–H and O–H groups in total. The number of fused-ring (bicyclic) bond motifs is 1. The van der Waals surface area contributed by atoms with Crippen LogP contribution in [0.3, 0.4) is 0 Å². The summed E-state index contributed by atoms with van der Waals surface area (Å²) in [4.78, 5) is 2.03. The van der Waals surface area contributed by atoms with E-state index in [4.69, 9.17) is 4.74 Å². The summed E-state index contributed by atoms with van der Waals surface area (Å²) >= 11 is 0. The maximum atomic E-state index is 15.4. The summed E-state index contributed by atoms with van der Waals surface area (Å²) in [5.41, 5.74) is 1.71. The Morgan fingerprint density at radius 3 is 2.19 bits per heavy atom. The van der Waals surface area contributed by atoms with Crippen LogP contribution in [0.5, 0.6) is 5.75 Å². The predicted octanol–water partition coefficient (Wildman–Crippen LogP) is 4.10. The van der Waals surface area contributed by atoms with Crippen molar-refractivity contribution in [3.63, 3.8) is 0 Å². The van der Waals surface area contributed by atoms with E-state index in [2.05, 4.69) is 5.10 Å². The third-order valence-corrected chi connectivity index (χ3v) is 7.47. The van der Waals surface area contributed by atoms with Gasteiger partial charge in [-0.15, -0.1) is 5.10 Å². The van der Waals surface area contributed by atoms with Gasteiger partial charge < -0.3 is 9.64 Å². The Hall–Kier alpha value is -3.57. The number of halogens is 3. The molecule has 1 aliphatic heterocycles. The smallest absolute Gasteiger partial charge is 0.241 e. The van der Waals surface area contributed by atoms with Crippen LogP contribution in [0.15, 0.2) is 60.7 Å². The van der Waals surface area contributed by atoms with Crippen molar-refractivity contribution < 1.29 is 26.3 Å². The first kappa shape index (κ1) is 24.1. The predicted molar refractivity (Wildman–Crippen MR) is 130 cm³/mol. The number of sulfonamides is 1.